The Morgan fingerprint density at radius 3 is 2.55 bits per heavy atom. The van der Waals surface area contributed by atoms with Crippen LogP contribution in [-0.4, -0.2) is 32.9 Å². The van der Waals surface area contributed by atoms with Crippen LogP contribution in [0.3, 0.4) is 0 Å². The molecular formula is C23H20N4O3S. The molecule has 0 fully saturated rings. The number of hydrogen-bond acceptors (Lipinski definition) is 7. The van der Waals surface area contributed by atoms with Gasteiger partial charge in [0, 0.05) is 10.9 Å². The summed E-state index contributed by atoms with van der Waals surface area (Å²) in [5, 5.41) is 5.05. The molecule has 0 radical (unpaired) electrons. The minimum absolute atomic E-state index is 0.0563. The highest BCUT2D eigenvalue weighted by atomic mass is 32.1. The van der Waals surface area contributed by atoms with Crippen LogP contribution in [0.1, 0.15) is 29.4 Å². The molecule has 4 rings (SSSR count). The summed E-state index contributed by atoms with van der Waals surface area (Å²) in [6.45, 7) is 3.79. The number of carbonyl (C=O) groups excluding carboxylic acids is 2. The third kappa shape index (κ3) is 4.75. The lowest BCUT2D eigenvalue weighted by atomic mass is 10.1. The van der Waals surface area contributed by atoms with Crippen LogP contribution in [0.5, 0.6) is 0 Å². The van der Waals surface area contributed by atoms with Gasteiger partial charge in [-0.25, -0.2) is 14.8 Å². The topological polar surface area (TPSA) is 94.1 Å². The smallest absolute Gasteiger partial charge is 0.359 e. The van der Waals surface area contributed by atoms with E-state index in [1.165, 1.54) is 17.5 Å². The Morgan fingerprint density at radius 2 is 1.81 bits per heavy atom. The Balaban J connectivity index is 1.43. The first-order valence-electron chi connectivity index (χ1n) is 9.79. The van der Waals surface area contributed by atoms with Crippen molar-refractivity contribution in [1.82, 2.24) is 15.0 Å². The van der Waals surface area contributed by atoms with Crippen molar-refractivity contribution in [3.63, 3.8) is 0 Å². The Hall–Kier alpha value is -3.65. The van der Waals surface area contributed by atoms with Gasteiger partial charge in [0.25, 0.3) is 5.91 Å². The number of para-hydroxylation sites is 2. The van der Waals surface area contributed by atoms with Crippen LogP contribution < -0.4 is 5.32 Å². The molecule has 0 bridgehead atoms. The summed E-state index contributed by atoms with van der Waals surface area (Å²) in [5.41, 5.74) is 4.22. The highest BCUT2D eigenvalue weighted by Gasteiger charge is 2.24. The van der Waals surface area contributed by atoms with Crippen molar-refractivity contribution in [2.75, 3.05) is 5.32 Å². The maximum absolute atomic E-state index is 12.7. The molecule has 2 aromatic heterocycles. The minimum atomic E-state index is -0.965. The van der Waals surface area contributed by atoms with Gasteiger partial charge in [-0.1, -0.05) is 48.9 Å². The zero-order chi connectivity index (χ0) is 21.8. The molecule has 1 amide bonds. The minimum Gasteiger partial charge on any atom is -0.447 e. The summed E-state index contributed by atoms with van der Waals surface area (Å²) < 4.78 is 5.40. The Morgan fingerprint density at radius 1 is 1.06 bits per heavy atom. The Kier molecular flexibility index (Phi) is 5.99. The number of thiazole rings is 1. The van der Waals surface area contributed by atoms with Gasteiger partial charge < -0.3 is 4.74 Å². The number of aryl methyl sites for hydroxylation is 1. The predicted molar refractivity (Wildman–Crippen MR) is 120 cm³/mol. The number of benzene rings is 2. The van der Waals surface area contributed by atoms with Crippen LogP contribution in [0, 0.1) is 6.92 Å². The summed E-state index contributed by atoms with van der Waals surface area (Å²) in [4.78, 5) is 38.1. The van der Waals surface area contributed by atoms with Crippen molar-refractivity contribution < 1.29 is 14.3 Å². The van der Waals surface area contributed by atoms with E-state index < -0.39 is 18.0 Å². The van der Waals surface area contributed by atoms with E-state index in [1.54, 1.807) is 19.1 Å². The Labute approximate surface area is 183 Å². The van der Waals surface area contributed by atoms with Gasteiger partial charge in [0.05, 0.1) is 22.9 Å². The number of fused-ring (bicyclic) bond motifs is 1. The second-order valence-corrected chi connectivity index (χ2v) is 7.80. The van der Waals surface area contributed by atoms with Crippen molar-refractivity contribution in [3.05, 3.63) is 71.4 Å². The van der Waals surface area contributed by atoms with Gasteiger partial charge in [0.1, 0.15) is 0 Å². The fourth-order valence-corrected chi connectivity index (χ4v) is 3.66. The fraction of sp³-hybridized carbons (Fsp3) is 0.174. The molecule has 4 aromatic rings. The number of ether oxygens (including phenoxy) is 1. The first kappa shape index (κ1) is 20.6. The summed E-state index contributed by atoms with van der Waals surface area (Å²) in [7, 11) is 0. The van der Waals surface area contributed by atoms with E-state index in [9.17, 15) is 9.59 Å². The van der Waals surface area contributed by atoms with Gasteiger partial charge in [-0.2, -0.15) is 0 Å². The van der Waals surface area contributed by atoms with Crippen LogP contribution in [0.4, 0.5) is 5.13 Å². The van der Waals surface area contributed by atoms with E-state index in [4.69, 9.17) is 4.74 Å². The SMILES string of the molecule is CCC(OC(=O)c1cnc2ccccc2n1)C(=O)Nc1nc(-c2ccc(C)cc2)cs1. The standard InChI is InChI=1S/C23H20N4O3S/c1-3-20(30-22(29)18-12-24-16-6-4-5-7-17(16)25-18)21(28)27-23-26-19(13-31-23)15-10-8-14(2)9-11-15/h4-13,20H,3H2,1-2H3,(H,26,27,28). The molecule has 8 heteroatoms. The van der Waals surface area contributed by atoms with E-state index in [2.05, 4.69) is 20.3 Å². The molecule has 31 heavy (non-hydrogen) atoms. The van der Waals surface area contributed by atoms with Crippen LogP contribution in [0.2, 0.25) is 0 Å². The summed E-state index contributed by atoms with van der Waals surface area (Å²) in [6, 6.07) is 15.2. The number of hydrogen-bond donors (Lipinski definition) is 1. The van der Waals surface area contributed by atoms with Crippen molar-refractivity contribution in [2.45, 2.75) is 26.4 Å². The van der Waals surface area contributed by atoms with Crippen LogP contribution in [0.15, 0.2) is 60.1 Å². The van der Waals surface area contributed by atoms with Crippen molar-refractivity contribution in [1.29, 1.82) is 0 Å². The van der Waals surface area contributed by atoms with Crippen LogP contribution in [-0.2, 0) is 9.53 Å². The monoisotopic (exact) mass is 432 g/mol. The van der Waals surface area contributed by atoms with E-state index in [0.717, 1.165) is 16.8 Å². The molecule has 2 aromatic carbocycles. The number of esters is 1. The molecule has 1 unspecified atom stereocenters. The van der Waals surface area contributed by atoms with Crippen molar-refractivity contribution in [3.8, 4) is 11.3 Å². The molecule has 7 nitrogen and oxygen atoms in total. The van der Waals surface area contributed by atoms with Crippen LogP contribution >= 0.6 is 11.3 Å². The zero-order valence-corrected chi connectivity index (χ0v) is 17.8. The number of anilines is 1. The maximum Gasteiger partial charge on any atom is 0.359 e. The number of amides is 1. The van der Waals surface area contributed by atoms with E-state index in [-0.39, 0.29) is 5.69 Å². The molecule has 0 spiro atoms. The van der Waals surface area contributed by atoms with E-state index in [1.807, 2.05) is 48.7 Å². The molecule has 0 aliphatic rings. The predicted octanol–water partition coefficient (Wildman–Crippen LogP) is 4.64. The molecule has 0 aliphatic heterocycles. The molecule has 1 N–H and O–H groups in total. The molecule has 2 heterocycles. The molecule has 156 valence electrons. The van der Waals surface area contributed by atoms with Gasteiger partial charge in [-0.15, -0.1) is 11.3 Å². The van der Waals surface area contributed by atoms with Crippen molar-refractivity contribution >= 4 is 39.4 Å². The molecule has 0 saturated carbocycles. The van der Waals surface area contributed by atoms with E-state index >= 15 is 0 Å². The highest BCUT2D eigenvalue weighted by Crippen LogP contribution is 2.25. The van der Waals surface area contributed by atoms with E-state index in [0.29, 0.717) is 22.6 Å². The third-order valence-electron chi connectivity index (χ3n) is 4.65. The Bertz CT molecular complexity index is 1240. The normalized spacial score (nSPS) is 11.8. The zero-order valence-electron chi connectivity index (χ0n) is 17.0. The van der Waals surface area contributed by atoms with Gasteiger partial charge in [-0.3, -0.25) is 15.1 Å². The van der Waals surface area contributed by atoms with Gasteiger partial charge in [0.15, 0.2) is 16.9 Å². The molecule has 1 atom stereocenters. The number of nitrogens with one attached hydrogen (secondary N) is 1. The third-order valence-corrected chi connectivity index (χ3v) is 5.41. The quantitative estimate of drug-likeness (QED) is 0.446. The second-order valence-electron chi connectivity index (χ2n) is 6.94. The van der Waals surface area contributed by atoms with Gasteiger partial charge in [0.2, 0.25) is 0 Å². The summed E-state index contributed by atoms with van der Waals surface area (Å²) >= 11 is 1.32. The summed E-state index contributed by atoms with van der Waals surface area (Å²) in [6.07, 6.45) is 0.700. The van der Waals surface area contributed by atoms with Gasteiger partial charge in [-0.05, 0) is 25.5 Å². The maximum atomic E-state index is 12.7. The average Bonchev–Trinajstić information content (AvgIpc) is 3.25. The first-order valence-corrected chi connectivity index (χ1v) is 10.7. The molecule has 0 saturated heterocycles. The number of nitrogens with zero attached hydrogens (tertiary/aromatic N) is 3. The summed E-state index contributed by atoms with van der Waals surface area (Å²) in [5.74, 6) is -1.13. The number of aromatic nitrogens is 3. The second kappa shape index (κ2) is 9.01. The lowest BCUT2D eigenvalue weighted by Gasteiger charge is -2.14. The molecular weight excluding hydrogens is 412 g/mol. The number of rotatable bonds is 6. The lowest BCUT2D eigenvalue weighted by Crippen LogP contribution is -2.32. The number of carbonyl (C=O) groups is 2. The van der Waals surface area contributed by atoms with Gasteiger partial charge >= 0.3 is 5.97 Å². The lowest BCUT2D eigenvalue weighted by molar-refractivity contribution is -0.124. The first-order chi connectivity index (χ1) is 15.0. The molecule has 0 aliphatic carbocycles. The highest BCUT2D eigenvalue weighted by molar-refractivity contribution is 7.14. The largest absolute Gasteiger partial charge is 0.447 e. The van der Waals surface area contributed by atoms with Crippen molar-refractivity contribution in [2.24, 2.45) is 0 Å². The van der Waals surface area contributed by atoms with Crippen LogP contribution in [0.25, 0.3) is 22.3 Å². The average molecular weight is 433 g/mol. The fourth-order valence-electron chi connectivity index (χ4n) is 2.94.